The van der Waals surface area contributed by atoms with E-state index in [4.69, 9.17) is 5.73 Å². The average Bonchev–Trinajstić information content (AvgIpc) is 2.44. The lowest BCUT2D eigenvalue weighted by Crippen LogP contribution is -2.40. The van der Waals surface area contributed by atoms with Gasteiger partial charge in [-0.1, -0.05) is 6.07 Å². The molecule has 0 fully saturated rings. The van der Waals surface area contributed by atoms with Gasteiger partial charge in [0.2, 0.25) is 0 Å². The summed E-state index contributed by atoms with van der Waals surface area (Å²) in [5.41, 5.74) is 5.66. The van der Waals surface area contributed by atoms with Crippen LogP contribution in [-0.4, -0.2) is 20.7 Å². The SMILES string of the molecule is NCCn1c(=O)ccn(CCc2ccccn2)c1=O. The lowest BCUT2D eigenvalue weighted by molar-refractivity contribution is 0.553. The number of aryl methyl sites for hydroxylation is 2. The zero-order valence-corrected chi connectivity index (χ0v) is 10.5. The third-order valence-electron chi connectivity index (χ3n) is 2.83. The van der Waals surface area contributed by atoms with Crippen molar-refractivity contribution in [2.24, 2.45) is 5.73 Å². The molecule has 0 aromatic carbocycles. The van der Waals surface area contributed by atoms with Crippen LogP contribution in [0.3, 0.4) is 0 Å². The molecule has 0 unspecified atom stereocenters. The molecule has 2 N–H and O–H groups in total. The van der Waals surface area contributed by atoms with Crippen molar-refractivity contribution in [3.05, 3.63) is 63.2 Å². The lowest BCUT2D eigenvalue weighted by Gasteiger charge is -2.08. The molecular formula is C13H16N4O2. The van der Waals surface area contributed by atoms with E-state index in [-0.39, 0.29) is 24.3 Å². The zero-order valence-electron chi connectivity index (χ0n) is 10.5. The van der Waals surface area contributed by atoms with Crippen LogP contribution in [0.25, 0.3) is 0 Å². The van der Waals surface area contributed by atoms with Crippen LogP contribution in [-0.2, 0) is 19.5 Å². The Labute approximate surface area is 110 Å². The number of hydrogen-bond donors (Lipinski definition) is 1. The Balaban J connectivity index is 2.20. The third-order valence-corrected chi connectivity index (χ3v) is 2.83. The highest BCUT2D eigenvalue weighted by molar-refractivity contribution is 5.03. The van der Waals surface area contributed by atoms with Gasteiger partial charge in [0.05, 0.1) is 0 Å². The van der Waals surface area contributed by atoms with Crippen molar-refractivity contribution in [2.75, 3.05) is 6.54 Å². The number of hydrogen-bond acceptors (Lipinski definition) is 4. The fraction of sp³-hybridized carbons (Fsp3) is 0.308. The van der Waals surface area contributed by atoms with Gasteiger partial charge in [-0.25, -0.2) is 4.79 Å². The van der Waals surface area contributed by atoms with E-state index >= 15 is 0 Å². The molecular weight excluding hydrogens is 244 g/mol. The van der Waals surface area contributed by atoms with E-state index in [1.54, 1.807) is 6.20 Å². The molecule has 0 atom stereocenters. The zero-order chi connectivity index (χ0) is 13.7. The molecule has 0 bridgehead atoms. The van der Waals surface area contributed by atoms with E-state index in [0.717, 1.165) is 10.3 Å². The summed E-state index contributed by atoms with van der Waals surface area (Å²) < 4.78 is 2.66. The topological polar surface area (TPSA) is 82.9 Å². The quantitative estimate of drug-likeness (QED) is 0.793. The smallest absolute Gasteiger partial charge is 0.329 e. The van der Waals surface area contributed by atoms with Gasteiger partial charge in [-0.2, -0.15) is 0 Å². The van der Waals surface area contributed by atoms with Crippen molar-refractivity contribution in [1.82, 2.24) is 14.1 Å². The minimum Gasteiger partial charge on any atom is -0.329 e. The molecule has 0 aliphatic heterocycles. The Hall–Kier alpha value is -2.21. The first-order valence-corrected chi connectivity index (χ1v) is 6.12. The van der Waals surface area contributed by atoms with Crippen LogP contribution in [0.2, 0.25) is 0 Å². The Kier molecular flexibility index (Phi) is 4.25. The summed E-state index contributed by atoms with van der Waals surface area (Å²) in [6.07, 6.45) is 3.87. The molecule has 6 nitrogen and oxygen atoms in total. The maximum atomic E-state index is 12.1. The molecule has 0 radical (unpaired) electrons. The predicted octanol–water partition coefficient (Wildman–Crippen LogP) is -0.394. The normalized spacial score (nSPS) is 10.6. The molecule has 19 heavy (non-hydrogen) atoms. The van der Waals surface area contributed by atoms with Gasteiger partial charge in [0.15, 0.2) is 0 Å². The van der Waals surface area contributed by atoms with Crippen molar-refractivity contribution in [2.45, 2.75) is 19.5 Å². The van der Waals surface area contributed by atoms with Gasteiger partial charge >= 0.3 is 5.69 Å². The summed E-state index contributed by atoms with van der Waals surface area (Å²) >= 11 is 0. The van der Waals surface area contributed by atoms with E-state index in [1.165, 1.54) is 16.8 Å². The van der Waals surface area contributed by atoms with E-state index in [1.807, 2.05) is 18.2 Å². The molecule has 6 heteroatoms. The largest absolute Gasteiger partial charge is 0.331 e. The number of rotatable bonds is 5. The number of nitrogens with two attached hydrogens (primary N) is 1. The minimum atomic E-state index is -0.325. The van der Waals surface area contributed by atoms with Gasteiger partial charge in [0, 0.05) is 50.2 Å². The summed E-state index contributed by atoms with van der Waals surface area (Å²) in [6, 6.07) is 7.04. The number of aromatic nitrogens is 3. The van der Waals surface area contributed by atoms with Crippen molar-refractivity contribution < 1.29 is 0 Å². The van der Waals surface area contributed by atoms with E-state index in [0.29, 0.717) is 13.0 Å². The van der Waals surface area contributed by atoms with Crippen LogP contribution < -0.4 is 17.0 Å². The van der Waals surface area contributed by atoms with Crippen LogP contribution in [0.15, 0.2) is 46.2 Å². The molecule has 2 heterocycles. The maximum Gasteiger partial charge on any atom is 0.331 e. The summed E-state index contributed by atoms with van der Waals surface area (Å²) in [5.74, 6) is 0. The Morgan fingerprint density at radius 1 is 1.16 bits per heavy atom. The molecule has 2 aromatic rings. The first kappa shape index (κ1) is 13.2. The Bertz CT molecular complexity index is 646. The first-order valence-electron chi connectivity index (χ1n) is 6.12. The monoisotopic (exact) mass is 260 g/mol. The highest BCUT2D eigenvalue weighted by atomic mass is 16.2. The third kappa shape index (κ3) is 3.17. The van der Waals surface area contributed by atoms with Crippen LogP contribution in [0.4, 0.5) is 0 Å². The second-order valence-electron chi connectivity index (χ2n) is 4.14. The predicted molar refractivity (Wildman–Crippen MR) is 72.0 cm³/mol. The molecule has 0 spiro atoms. The standard InChI is InChI=1S/C13H16N4O2/c14-6-10-17-12(18)5-9-16(13(17)19)8-4-11-3-1-2-7-15-11/h1-3,5,7,9H,4,6,8,10,14H2. The van der Waals surface area contributed by atoms with Crippen molar-refractivity contribution in [3.63, 3.8) is 0 Å². The molecule has 2 aromatic heterocycles. The molecule has 0 aliphatic rings. The van der Waals surface area contributed by atoms with Crippen LogP contribution in [0.5, 0.6) is 0 Å². The molecule has 0 aliphatic carbocycles. The van der Waals surface area contributed by atoms with Crippen molar-refractivity contribution in [3.8, 4) is 0 Å². The van der Waals surface area contributed by atoms with Gasteiger partial charge in [-0.05, 0) is 12.1 Å². The molecule has 2 rings (SSSR count). The lowest BCUT2D eigenvalue weighted by atomic mass is 10.3. The van der Waals surface area contributed by atoms with Crippen LogP contribution in [0.1, 0.15) is 5.69 Å². The van der Waals surface area contributed by atoms with Crippen molar-refractivity contribution in [1.29, 1.82) is 0 Å². The van der Waals surface area contributed by atoms with E-state index in [2.05, 4.69) is 4.98 Å². The number of nitrogens with zero attached hydrogens (tertiary/aromatic N) is 3. The highest BCUT2D eigenvalue weighted by Crippen LogP contribution is 1.96. The average molecular weight is 260 g/mol. The van der Waals surface area contributed by atoms with Gasteiger partial charge in [-0.15, -0.1) is 0 Å². The van der Waals surface area contributed by atoms with Gasteiger partial charge in [0.1, 0.15) is 0 Å². The van der Waals surface area contributed by atoms with Gasteiger partial charge in [-0.3, -0.25) is 14.3 Å². The maximum absolute atomic E-state index is 12.1. The summed E-state index contributed by atoms with van der Waals surface area (Å²) in [5, 5.41) is 0. The van der Waals surface area contributed by atoms with E-state index in [9.17, 15) is 9.59 Å². The van der Waals surface area contributed by atoms with Crippen molar-refractivity contribution >= 4 is 0 Å². The molecule has 0 amide bonds. The summed E-state index contributed by atoms with van der Waals surface area (Å²) in [6.45, 7) is 0.988. The minimum absolute atomic E-state index is 0.238. The fourth-order valence-electron chi connectivity index (χ4n) is 1.84. The Morgan fingerprint density at radius 2 is 2.00 bits per heavy atom. The highest BCUT2D eigenvalue weighted by Gasteiger charge is 2.04. The summed E-state index contributed by atoms with van der Waals surface area (Å²) in [7, 11) is 0. The molecule has 0 saturated heterocycles. The second-order valence-corrected chi connectivity index (χ2v) is 4.14. The number of pyridine rings is 1. The van der Waals surface area contributed by atoms with Crippen LogP contribution >= 0.6 is 0 Å². The molecule has 0 saturated carbocycles. The van der Waals surface area contributed by atoms with Gasteiger partial charge in [0.25, 0.3) is 5.56 Å². The van der Waals surface area contributed by atoms with E-state index < -0.39 is 0 Å². The second kappa shape index (κ2) is 6.10. The molecule has 100 valence electrons. The fourth-order valence-corrected chi connectivity index (χ4v) is 1.84. The van der Waals surface area contributed by atoms with Crippen LogP contribution in [0, 0.1) is 0 Å². The summed E-state index contributed by atoms with van der Waals surface area (Å²) in [4.78, 5) is 27.8. The first-order chi connectivity index (χ1) is 9.22. The van der Waals surface area contributed by atoms with Gasteiger partial charge < -0.3 is 10.3 Å². The Morgan fingerprint density at radius 3 is 2.68 bits per heavy atom.